The van der Waals surface area contributed by atoms with E-state index in [1.807, 2.05) is 0 Å². The van der Waals surface area contributed by atoms with Gasteiger partial charge in [0, 0.05) is 12.3 Å². The lowest BCUT2D eigenvalue weighted by Crippen LogP contribution is -2.13. The van der Waals surface area contributed by atoms with Gasteiger partial charge in [-0.05, 0) is 18.2 Å². The van der Waals surface area contributed by atoms with Crippen molar-refractivity contribution in [3.05, 3.63) is 62.4 Å². The first kappa shape index (κ1) is 14.2. The number of carbonyl (C=O) groups excluding carboxylic acids is 1. The molecular weight excluding hydrogens is 305 g/mol. The Kier molecular flexibility index (Phi) is 4.16. The van der Waals surface area contributed by atoms with Crippen molar-refractivity contribution in [1.29, 1.82) is 0 Å². The number of halogens is 2. The van der Waals surface area contributed by atoms with Crippen molar-refractivity contribution in [1.82, 2.24) is 4.98 Å². The van der Waals surface area contributed by atoms with Crippen molar-refractivity contribution in [2.45, 2.75) is 0 Å². The number of amides is 1. The summed E-state index contributed by atoms with van der Waals surface area (Å²) in [6.07, 6.45) is 1.47. The molecule has 20 heavy (non-hydrogen) atoms. The molecule has 0 fully saturated rings. The number of anilines is 1. The number of benzene rings is 1. The van der Waals surface area contributed by atoms with Crippen LogP contribution in [-0.2, 0) is 0 Å². The predicted octanol–water partition coefficient (Wildman–Crippen LogP) is 3.55. The van der Waals surface area contributed by atoms with Crippen LogP contribution in [0, 0.1) is 10.1 Å². The minimum Gasteiger partial charge on any atom is -0.319 e. The average Bonchev–Trinajstić information content (AvgIpc) is 2.41. The van der Waals surface area contributed by atoms with Gasteiger partial charge in [0.2, 0.25) is 0 Å². The Labute approximate surface area is 123 Å². The summed E-state index contributed by atoms with van der Waals surface area (Å²) in [6, 6.07) is 7.13. The molecule has 0 aliphatic rings. The second-order valence-corrected chi connectivity index (χ2v) is 4.43. The third kappa shape index (κ3) is 2.87. The molecule has 0 radical (unpaired) electrons. The molecule has 0 aliphatic heterocycles. The van der Waals surface area contributed by atoms with E-state index in [0.29, 0.717) is 5.69 Å². The number of nitro benzene ring substituents is 1. The van der Waals surface area contributed by atoms with E-state index >= 15 is 0 Å². The summed E-state index contributed by atoms with van der Waals surface area (Å²) < 4.78 is 0. The molecule has 2 rings (SSSR count). The molecule has 0 saturated heterocycles. The zero-order chi connectivity index (χ0) is 14.7. The molecule has 1 amide bonds. The quantitative estimate of drug-likeness (QED) is 0.533. The standard InChI is InChI=1S/C12H7Cl2N3O3/c13-10-7(3-1-5-9(10)17(19)20)12(18)16-8-4-2-6-15-11(8)14/h1-6H,(H,16,18). The first-order valence-corrected chi connectivity index (χ1v) is 6.11. The molecule has 0 aliphatic carbocycles. The van der Waals surface area contributed by atoms with E-state index in [1.165, 1.54) is 24.4 Å². The number of nitrogens with one attached hydrogen (secondary N) is 1. The molecule has 1 aromatic carbocycles. The van der Waals surface area contributed by atoms with Crippen molar-refractivity contribution < 1.29 is 9.72 Å². The number of rotatable bonds is 3. The molecular formula is C12H7Cl2N3O3. The maximum Gasteiger partial charge on any atom is 0.288 e. The molecule has 0 unspecified atom stereocenters. The lowest BCUT2D eigenvalue weighted by Gasteiger charge is -2.07. The summed E-state index contributed by atoms with van der Waals surface area (Å²) in [5, 5.41) is 13.1. The maximum absolute atomic E-state index is 12.1. The van der Waals surface area contributed by atoms with Gasteiger partial charge in [-0.15, -0.1) is 0 Å². The minimum atomic E-state index is -0.657. The summed E-state index contributed by atoms with van der Waals surface area (Å²) in [6.45, 7) is 0. The number of nitro groups is 1. The van der Waals surface area contributed by atoms with Crippen LogP contribution in [0.1, 0.15) is 10.4 Å². The van der Waals surface area contributed by atoms with Gasteiger partial charge in [0.15, 0.2) is 5.15 Å². The Bertz CT molecular complexity index is 691. The molecule has 1 N–H and O–H groups in total. The van der Waals surface area contributed by atoms with Crippen molar-refractivity contribution in [2.24, 2.45) is 0 Å². The second kappa shape index (κ2) is 5.85. The Balaban J connectivity index is 2.33. The van der Waals surface area contributed by atoms with Crippen molar-refractivity contribution >= 4 is 40.5 Å². The lowest BCUT2D eigenvalue weighted by molar-refractivity contribution is -0.384. The highest BCUT2D eigenvalue weighted by Gasteiger charge is 2.20. The summed E-state index contributed by atoms with van der Waals surface area (Å²) >= 11 is 11.7. The molecule has 1 heterocycles. The molecule has 0 saturated carbocycles. The van der Waals surface area contributed by atoms with Gasteiger partial charge in [-0.25, -0.2) is 4.98 Å². The van der Waals surface area contributed by atoms with Crippen molar-refractivity contribution in [3.63, 3.8) is 0 Å². The van der Waals surface area contributed by atoms with Gasteiger partial charge < -0.3 is 5.32 Å². The van der Waals surface area contributed by atoms with E-state index in [9.17, 15) is 14.9 Å². The third-order valence-electron chi connectivity index (χ3n) is 2.43. The third-order valence-corrected chi connectivity index (χ3v) is 3.13. The van der Waals surface area contributed by atoms with Gasteiger partial charge in [0.05, 0.1) is 16.2 Å². The first-order chi connectivity index (χ1) is 9.50. The van der Waals surface area contributed by atoms with Crippen LogP contribution in [-0.4, -0.2) is 15.8 Å². The maximum atomic E-state index is 12.1. The van der Waals surface area contributed by atoms with Crippen molar-refractivity contribution in [2.75, 3.05) is 5.32 Å². The van der Waals surface area contributed by atoms with Crippen LogP contribution in [0.2, 0.25) is 10.2 Å². The van der Waals surface area contributed by atoms with Crippen LogP contribution in [0.5, 0.6) is 0 Å². The molecule has 2 aromatic rings. The molecule has 8 heteroatoms. The average molecular weight is 312 g/mol. The summed E-state index contributed by atoms with van der Waals surface area (Å²) in [5.41, 5.74) is -0.0564. The van der Waals surface area contributed by atoms with Gasteiger partial charge in [-0.3, -0.25) is 14.9 Å². The van der Waals surface area contributed by atoms with Gasteiger partial charge in [0.1, 0.15) is 5.02 Å². The molecule has 0 spiro atoms. The van der Waals surface area contributed by atoms with E-state index in [-0.39, 0.29) is 21.4 Å². The van der Waals surface area contributed by atoms with Crippen LogP contribution in [0.4, 0.5) is 11.4 Å². The number of hydrogen-bond donors (Lipinski definition) is 1. The van der Waals surface area contributed by atoms with E-state index < -0.39 is 10.8 Å². The monoisotopic (exact) mass is 311 g/mol. The highest BCUT2D eigenvalue weighted by Crippen LogP contribution is 2.28. The number of nitrogens with zero attached hydrogens (tertiary/aromatic N) is 2. The fourth-order valence-corrected chi connectivity index (χ4v) is 1.95. The highest BCUT2D eigenvalue weighted by atomic mass is 35.5. The smallest absolute Gasteiger partial charge is 0.288 e. The Morgan fingerprint density at radius 2 is 2.00 bits per heavy atom. The van der Waals surface area contributed by atoms with Crippen LogP contribution < -0.4 is 5.32 Å². The van der Waals surface area contributed by atoms with Gasteiger partial charge >= 0.3 is 0 Å². The van der Waals surface area contributed by atoms with E-state index in [4.69, 9.17) is 23.2 Å². The summed E-state index contributed by atoms with van der Waals surface area (Å²) in [5.74, 6) is -0.603. The second-order valence-electron chi connectivity index (χ2n) is 3.69. The molecule has 0 atom stereocenters. The fraction of sp³-hybridized carbons (Fsp3) is 0. The number of pyridine rings is 1. The van der Waals surface area contributed by atoms with Gasteiger partial charge in [-0.2, -0.15) is 0 Å². The highest BCUT2D eigenvalue weighted by molar-refractivity contribution is 6.37. The Morgan fingerprint density at radius 3 is 2.65 bits per heavy atom. The van der Waals surface area contributed by atoms with E-state index in [0.717, 1.165) is 0 Å². The normalized spacial score (nSPS) is 10.1. The Hall–Kier alpha value is -2.18. The molecule has 1 aromatic heterocycles. The zero-order valence-electron chi connectivity index (χ0n) is 9.84. The predicted molar refractivity (Wildman–Crippen MR) is 75.3 cm³/mol. The summed E-state index contributed by atoms with van der Waals surface area (Å²) in [7, 11) is 0. The van der Waals surface area contributed by atoms with Crippen LogP contribution >= 0.6 is 23.2 Å². The number of hydrogen-bond acceptors (Lipinski definition) is 4. The van der Waals surface area contributed by atoms with Crippen LogP contribution in [0.3, 0.4) is 0 Å². The zero-order valence-corrected chi connectivity index (χ0v) is 11.4. The van der Waals surface area contributed by atoms with E-state index in [1.54, 1.807) is 12.1 Å². The fourth-order valence-electron chi connectivity index (χ4n) is 1.51. The van der Waals surface area contributed by atoms with Crippen molar-refractivity contribution in [3.8, 4) is 0 Å². The number of aromatic nitrogens is 1. The minimum absolute atomic E-state index is 0.0132. The number of carbonyl (C=O) groups is 1. The summed E-state index contributed by atoms with van der Waals surface area (Å²) in [4.78, 5) is 26.0. The Morgan fingerprint density at radius 1 is 1.25 bits per heavy atom. The first-order valence-electron chi connectivity index (χ1n) is 5.35. The van der Waals surface area contributed by atoms with Crippen LogP contribution in [0.25, 0.3) is 0 Å². The van der Waals surface area contributed by atoms with Gasteiger partial charge in [-0.1, -0.05) is 29.3 Å². The van der Waals surface area contributed by atoms with Crippen LogP contribution in [0.15, 0.2) is 36.5 Å². The van der Waals surface area contributed by atoms with E-state index in [2.05, 4.69) is 10.3 Å². The molecule has 102 valence electrons. The SMILES string of the molecule is O=C(Nc1cccnc1Cl)c1cccc([N+](=O)[O-])c1Cl. The topological polar surface area (TPSA) is 85.1 Å². The largest absolute Gasteiger partial charge is 0.319 e. The lowest BCUT2D eigenvalue weighted by atomic mass is 10.2. The molecule has 6 nitrogen and oxygen atoms in total. The molecule has 0 bridgehead atoms. The van der Waals surface area contributed by atoms with Gasteiger partial charge in [0.25, 0.3) is 11.6 Å².